The number of benzene rings is 1. The first-order valence-electron chi connectivity index (χ1n) is 7.97. The van der Waals surface area contributed by atoms with Crippen molar-refractivity contribution < 1.29 is 12.8 Å². The predicted octanol–water partition coefficient (Wildman–Crippen LogP) is 3.40. The van der Waals surface area contributed by atoms with Gasteiger partial charge in [0, 0.05) is 18.7 Å². The fraction of sp³-hybridized carbons (Fsp3) is 0.471. The molecule has 1 aliphatic rings. The molecular formula is C17H22N2O3S. The van der Waals surface area contributed by atoms with Crippen LogP contribution in [0.4, 0.5) is 0 Å². The zero-order valence-corrected chi connectivity index (χ0v) is 14.3. The monoisotopic (exact) mass is 334 g/mol. The van der Waals surface area contributed by atoms with E-state index in [0.29, 0.717) is 35.6 Å². The molecule has 1 saturated heterocycles. The van der Waals surface area contributed by atoms with Gasteiger partial charge in [-0.2, -0.15) is 4.31 Å². The fourth-order valence-corrected chi connectivity index (χ4v) is 4.55. The van der Waals surface area contributed by atoms with E-state index in [-0.39, 0.29) is 0 Å². The van der Waals surface area contributed by atoms with Gasteiger partial charge in [-0.25, -0.2) is 13.4 Å². The zero-order valence-electron chi connectivity index (χ0n) is 13.5. The lowest BCUT2D eigenvalue weighted by atomic mass is 9.87. The van der Waals surface area contributed by atoms with Gasteiger partial charge in [0.05, 0.1) is 11.1 Å². The molecule has 2 aromatic rings. The van der Waals surface area contributed by atoms with E-state index in [9.17, 15) is 8.42 Å². The Balaban J connectivity index is 1.75. The Morgan fingerprint density at radius 2 is 1.83 bits per heavy atom. The molecule has 1 fully saturated rings. The van der Waals surface area contributed by atoms with Crippen molar-refractivity contribution in [3.05, 3.63) is 36.9 Å². The van der Waals surface area contributed by atoms with Crippen molar-refractivity contribution in [3.8, 4) is 11.3 Å². The molecular weight excluding hydrogens is 312 g/mol. The molecule has 0 radical (unpaired) electrons. The van der Waals surface area contributed by atoms with Gasteiger partial charge in [0.1, 0.15) is 0 Å². The summed E-state index contributed by atoms with van der Waals surface area (Å²) in [6.07, 6.45) is 4.85. The molecule has 0 saturated carbocycles. The standard InChI is InChI=1S/C17H22N2O3S/c1-13(2)14-7-9-19(10-8-14)23(20,21)16-5-3-15(4-6-16)17-11-18-12-22-17/h3-6,11-14H,7-10H2,1-2H3. The highest BCUT2D eigenvalue weighted by atomic mass is 32.2. The zero-order chi connectivity index (χ0) is 16.4. The van der Waals surface area contributed by atoms with Gasteiger partial charge in [-0.15, -0.1) is 0 Å². The highest BCUT2D eigenvalue weighted by Gasteiger charge is 2.30. The van der Waals surface area contributed by atoms with Crippen LogP contribution in [0.15, 0.2) is 46.2 Å². The number of rotatable bonds is 4. The Bertz CT molecular complexity index is 729. The Morgan fingerprint density at radius 3 is 2.35 bits per heavy atom. The molecule has 1 aromatic heterocycles. The lowest BCUT2D eigenvalue weighted by molar-refractivity contribution is 0.226. The molecule has 0 N–H and O–H groups in total. The van der Waals surface area contributed by atoms with Crippen molar-refractivity contribution in [2.75, 3.05) is 13.1 Å². The molecule has 1 aliphatic heterocycles. The normalized spacial score (nSPS) is 17.7. The topological polar surface area (TPSA) is 63.4 Å². The van der Waals surface area contributed by atoms with Crippen LogP contribution in [0.1, 0.15) is 26.7 Å². The Labute approximate surface area is 137 Å². The van der Waals surface area contributed by atoms with Crippen LogP contribution in [-0.2, 0) is 10.0 Å². The van der Waals surface area contributed by atoms with Crippen molar-refractivity contribution >= 4 is 10.0 Å². The molecule has 0 bridgehead atoms. The molecule has 0 spiro atoms. The molecule has 5 nitrogen and oxygen atoms in total. The maximum Gasteiger partial charge on any atom is 0.243 e. The number of hydrogen-bond acceptors (Lipinski definition) is 4. The van der Waals surface area contributed by atoms with E-state index in [1.807, 2.05) is 0 Å². The first kappa shape index (κ1) is 16.2. The molecule has 124 valence electrons. The molecule has 3 rings (SSSR count). The quantitative estimate of drug-likeness (QED) is 0.859. The minimum Gasteiger partial charge on any atom is -0.444 e. The Kier molecular flexibility index (Phi) is 4.55. The van der Waals surface area contributed by atoms with Gasteiger partial charge in [-0.05, 0) is 48.9 Å². The first-order valence-corrected chi connectivity index (χ1v) is 9.41. The van der Waals surface area contributed by atoms with E-state index >= 15 is 0 Å². The van der Waals surface area contributed by atoms with Gasteiger partial charge in [0.2, 0.25) is 10.0 Å². The summed E-state index contributed by atoms with van der Waals surface area (Å²) < 4.78 is 32.3. The van der Waals surface area contributed by atoms with Gasteiger partial charge in [0.25, 0.3) is 0 Å². The summed E-state index contributed by atoms with van der Waals surface area (Å²) in [5.74, 6) is 1.86. The van der Waals surface area contributed by atoms with Crippen LogP contribution >= 0.6 is 0 Å². The Hall–Kier alpha value is -1.66. The van der Waals surface area contributed by atoms with Crippen molar-refractivity contribution in [2.24, 2.45) is 11.8 Å². The second-order valence-electron chi connectivity index (χ2n) is 6.38. The smallest absolute Gasteiger partial charge is 0.243 e. The summed E-state index contributed by atoms with van der Waals surface area (Å²) in [5.41, 5.74) is 0.819. The third kappa shape index (κ3) is 3.33. The van der Waals surface area contributed by atoms with Crippen molar-refractivity contribution in [3.63, 3.8) is 0 Å². The average Bonchev–Trinajstić information content (AvgIpc) is 3.09. The van der Waals surface area contributed by atoms with Crippen molar-refractivity contribution in [1.29, 1.82) is 0 Å². The second-order valence-corrected chi connectivity index (χ2v) is 8.31. The molecule has 0 atom stereocenters. The number of nitrogens with zero attached hydrogens (tertiary/aromatic N) is 2. The number of sulfonamides is 1. The third-order valence-electron chi connectivity index (χ3n) is 4.65. The van der Waals surface area contributed by atoms with Gasteiger partial charge in [-0.3, -0.25) is 0 Å². The average molecular weight is 334 g/mol. The summed E-state index contributed by atoms with van der Waals surface area (Å²) in [6, 6.07) is 6.80. The van der Waals surface area contributed by atoms with Gasteiger partial charge < -0.3 is 4.42 Å². The highest BCUT2D eigenvalue weighted by Crippen LogP contribution is 2.29. The molecule has 0 amide bonds. The van der Waals surface area contributed by atoms with E-state index in [1.54, 1.807) is 34.8 Å². The number of aromatic nitrogens is 1. The summed E-state index contributed by atoms with van der Waals surface area (Å²) in [7, 11) is -3.41. The van der Waals surface area contributed by atoms with Crippen molar-refractivity contribution in [1.82, 2.24) is 9.29 Å². The van der Waals surface area contributed by atoms with Gasteiger partial charge in [-0.1, -0.05) is 13.8 Å². The minimum atomic E-state index is -3.41. The van der Waals surface area contributed by atoms with Crippen LogP contribution in [0.25, 0.3) is 11.3 Å². The lowest BCUT2D eigenvalue weighted by Gasteiger charge is -2.33. The SMILES string of the molecule is CC(C)C1CCN(S(=O)(=O)c2ccc(-c3cnco3)cc2)CC1. The number of hydrogen-bond donors (Lipinski definition) is 0. The summed E-state index contributed by atoms with van der Waals surface area (Å²) in [4.78, 5) is 4.21. The van der Waals surface area contributed by atoms with Crippen LogP contribution in [-0.4, -0.2) is 30.8 Å². The summed E-state index contributed by atoms with van der Waals surface area (Å²) in [5, 5.41) is 0. The third-order valence-corrected chi connectivity index (χ3v) is 6.56. The van der Waals surface area contributed by atoms with Crippen LogP contribution in [0.5, 0.6) is 0 Å². The van der Waals surface area contributed by atoms with E-state index in [1.165, 1.54) is 6.39 Å². The maximum atomic E-state index is 12.8. The molecule has 2 heterocycles. The summed E-state index contributed by atoms with van der Waals surface area (Å²) >= 11 is 0. The molecule has 6 heteroatoms. The van der Waals surface area contributed by atoms with Gasteiger partial charge >= 0.3 is 0 Å². The van der Waals surface area contributed by atoms with E-state index in [2.05, 4.69) is 18.8 Å². The van der Waals surface area contributed by atoms with Crippen LogP contribution in [0.3, 0.4) is 0 Å². The molecule has 23 heavy (non-hydrogen) atoms. The summed E-state index contributed by atoms with van der Waals surface area (Å²) in [6.45, 7) is 5.62. The van der Waals surface area contributed by atoms with Crippen LogP contribution < -0.4 is 0 Å². The molecule has 1 aromatic carbocycles. The van der Waals surface area contributed by atoms with Crippen LogP contribution in [0.2, 0.25) is 0 Å². The van der Waals surface area contributed by atoms with E-state index in [0.717, 1.165) is 18.4 Å². The second kappa shape index (κ2) is 6.45. The number of oxazole rings is 1. The van der Waals surface area contributed by atoms with Crippen molar-refractivity contribution in [2.45, 2.75) is 31.6 Å². The van der Waals surface area contributed by atoms with Crippen LogP contribution in [0, 0.1) is 11.8 Å². The molecule has 0 aliphatic carbocycles. The maximum absolute atomic E-state index is 12.8. The van der Waals surface area contributed by atoms with E-state index in [4.69, 9.17) is 4.42 Å². The van der Waals surface area contributed by atoms with Gasteiger partial charge in [0.15, 0.2) is 12.2 Å². The van der Waals surface area contributed by atoms with E-state index < -0.39 is 10.0 Å². The lowest BCUT2D eigenvalue weighted by Crippen LogP contribution is -2.39. The number of piperidine rings is 1. The molecule has 0 unspecified atom stereocenters. The fourth-order valence-electron chi connectivity index (χ4n) is 3.08. The largest absolute Gasteiger partial charge is 0.444 e. The Morgan fingerprint density at radius 1 is 1.17 bits per heavy atom. The first-order chi connectivity index (χ1) is 11.0. The highest BCUT2D eigenvalue weighted by molar-refractivity contribution is 7.89. The predicted molar refractivity (Wildman–Crippen MR) is 88.3 cm³/mol. The minimum absolute atomic E-state index is 0.337.